The SMILES string of the molecule is Cc1cc(C(F)(F)F)cc(O)c1-c1nnc(N[C@@H]2CCCN(C)C2)c(C)c1C. The minimum atomic E-state index is -4.52. The van der Waals surface area contributed by atoms with Gasteiger partial charge in [-0.3, -0.25) is 0 Å². The standard InChI is InChI=1S/C20H25F3N4O/c1-11-8-14(20(21,22)23)9-16(28)17(11)18-12(2)13(3)19(26-25-18)24-15-6-5-7-27(4)10-15/h8-9,15,28H,5-7,10H2,1-4H3,(H,24,26)/t15-/m1/s1. The number of aromatic hydroxyl groups is 1. The number of aromatic nitrogens is 2. The second-order valence-electron chi connectivity index (χ2n) is 7.58. The molecule has 0 bridgehead atoms. The number of phenols is 1. The highest BCUT2D eigenvalue weighted by Crippen LogP contribution is 2.40. The van der Waals surface area contributed by atoms with E-state index in [1.807, 2.05) is 13.8 Å². The van der Waals surface area contributed by atoms with E-state index in [0.717, 1.165) is 49.2 Å². The summed E-state index contributed by atoms with van der Waals surface area (Å²) in [7, 11) is 2.08. The molecule has 1 aliphatic rings. The molecule has 0 spiro atoms. The van der Waals surface area contributed by atoms with Crippen molar-refractivity contribution in [2.45, 2.75) is 45.8 Å². The van der Waals surface area contributed by atoms with Crippen LogP contribution in [0, 0.1) is 20.8 Å². The third-order valence-electron chi connectivity index (χ3n) is 5.37. The van der Waals surface area contributed by atoms with Crippen molar-refractivity contribution in [2.24, 2.45) is 0 Å². The maximum absolute atomic E-state index is 13.0. The van der Waals surface area contributed by atoms with Gasteiger partial charge in [0.1, 0.15) is 11.4 Å². The zero-order chi connectivity index (χ0) is 20.6. The summed E-state index contributed by atoms with van der Waals surface area (Å²) in [6, 6.07) is 2.04. The summed E-state index contributed by atoms with van der Waals surface area (Å²) >= 11 is 0. The molecule has 0 saturated carbocycles. The highest BCUT2D eigenvalue weighted by molar-refractivity contribution is 5.75. The lowest BCUT2D eigenvalue weighted by Crippen LogP contribution is -2.40. The normalized spacial score (nSPS) is 18.3. The summed E-state index contributed by atoms with van der Waals surface area (Å²) in [5, 5.41) is 22.2. The van der Waals surface area contributed by atoms with Crippen LogP contribution in [-0.4, -0.2) is 46.4 Å². The fourth-order valence-corrected chi connectivity index (χ4v) is 3.70. The molecule has 1 atom stereocenters. The average Bonchev–Trinajstić information content (AvgIpc) is 2.59. The fourth-order valence-electron chi connectivity index (χ4n) is 3.70. The van der Waals surface area contributed by atoms with Gasteiger partial charge in [0.2, 0.25) is 0 Å². The summed E-state index contributed by atoms with van der Waals surface area (Å²) < 4.78 is 38.9. The summed E-state index contributed by atoms with van der Waals surface area (Å²) in [6.45, 7) is 7.27. The number of hydrogen-bond donors (Lipinski definition) is 2. The van der Waals surface area contributed by atoms with Gasteiger partial charge in [-0.05, 0) is 76.0 Å². The van der Waals surface area contributed by atoms with Crippen molar-refractivity contribution in [2.75, 3.05) is 25.5 Å². The van der Waals surface area contributed by atoms with E-state index in [-0.39, 0.29) is 11.6 Å². The summed E-state index contributed by atoms with van der Waals surface area (Å²) in [6.07, 6.45) is -2.36. The maximum Gasteiger partial charge on any atom is 0.416 e. The van der Waals surface area contributed by atoms with E-state index in [1.165, 1.54) is 6.92 Å². The number of phenolic OH excluding ortho intramolecular Hbond substituents is 1. The molecule has 1 fully saturated rings. The lowest BCUT2D eigenvalue weighted by atomic mass is 9.96. The molecule has 0 amide bonds. The number of halogens is 3. The van der Waals surface area contributed by atoms with Gasteiger partial charge in [0, 0.05) is 18.2 Å². The monoisotopic (exact) mass is 394 g/mol. The van der Waals surface area contributed by atoms with Gasteiger partial charge >= 0.3 is 6.18 Å². The molecule has 0 unspecified atom stereocenters. The highest BCUT2D eigenvalue weighted by atomic mass is 19.4. The molecule has 28 heavy (non-hydrogen) atoms. The van der Waals surface area contributed by atoms with Gasteiger partial charge in [-0.1, -0.05) is 0 Å². The number of likely N-dealkylation sites (N-methyl/N-ethyl adjacent to an activating group) is 1. The predicted octanol–water partition coefficient (Wildman–Crippen LogP) is 4.30. The predicted molar refractivity (Wildman–Crippen MR) is 102 cm³/mol. The van der Waals surface area contributed by atoms with Gasteiger partial charge in [0.15, 0.2) is 5.82 Å². The first-order valence-electron chi connectivity index (χ1n) is 9.28. The van der Waals surface area contributed by atoms with Crippen molar-refractivity contribution < 1.29 is 18.3 Å². The number of aryl methyl sites for hydroxylation is 1. The van der Waals surface area contributed by atoms with Gasteiger partial charge in [-0.15, -0.1) is 10.2 Å². The molecule has 3 rings (SSSR count). The fraction of sp³-hybridized carbons (Fsp3) is 0.500. The third kappa shape index (κ3) is 4.06. The zero-order valence-corrected chi connectivity index (χ0v) is 16.5. The molecule has 5 nitrogen and oxygen atoms in total. The van der Waals surface area contributed by atoms with Crippen LogP contribution >= 0.6 is 0 Å². The Hall–Kier alpha value is -2.35. The Labute approximate surface area is 162 Å². The number of nitrogens with zero attached hydrogens (tertiary/aromatic N) is 3. The molecule has 0 radical (unpaired) electrons. The van der Waals surface area contributed by atoms with E-state index >= 15 is 0 Å². The smallest absolute Gasteiger partial charge is 0.416 e. The minimum absolute atomic E-state index is 0.276. The van der Waals surface area contributed by atoms with Crippen LogP contribution in [0.5, 0.6) is 5.75 Å². The Bertz CT molecular complexity index is 859. The quantitative estimate of drug-likeness (QED) is 0.813. The van der Waals surface area contributed by atoms with Crippen LogP contribution in [-0.2, 0) is 6.18 Å². The minimum Gasteiger partial charge on any atom is -0.507 e. The number of nitrogens with one attached hydrogen (secondary N) is 1. The topological polar surface area (TPSA) is 61.3 Å². The molecule has 2 aromatic rings. The van der Waals surface area contributed by atoms with E-state index in [9.17, 15) is 18.3 Å². The van der Waals surface area contributed by atoms with E-state index in [4.69, 9.17) is 0 Å². The number of piperidine rings is 1. The Balaban J connectivity index is 1.95. The first kappa shape index (κ1) is 20.4. The Kier molecular flexibility index (Phi) is 5.52. The second kappa shape index (κ2) is 7.58. The number of rotatable bonds is 3. The highest BCUT2D eigenvalue weighted by Gasteiger charge is 2.32. The van der Waals surface area contributed by atoms with Crippen LogP contribution in [0.1, 0.15) is 35.1 Å². The molecule has 2 heterocycles. The maximum atomic E-state index is 13.0. The largest absolute Gasteiger partial charge is 0.507 e. The van der Waals surface area contributed by atoms with E-state index < -0.39 is 17.5 Å². The first-order valence-corrected chi connectivity index (χ1v) is 9.28. The number of benzene rings is 1. The summed E-state index contributed by atoms with van der Waals surface area (Å²) in [5.41, 5.74) is 1.75. The molecule has 2 N–H and O–H groups in total. The van der Waals surface area contributed by atoms with Crippen molar-refractivity contribution in [1.29, 1.82) is 0 Å². The number of likely N-dealkylation sites (tertiary alicyclic amines) is 1. The van der Waals surface area contributed by atoms with E-state index in [2.05, 4.69) is 27.5 Å². The Morgan fingerprint density at radius 2 is 1.86 bits per heavy atom. The molecular formula is C20H25F3N4O. The molecule has 0 aliphatic carbocycles. The van der Waals surface area contributed by atoms with Crippen LogP contribution in [0.15, 0.2) is 12.1 Å². The first-order chi connectivity index (χ1) is 13.1. The van der Waals surface area contributed by atoms with Crippen LogP contribution in [0.3, 0.4) is 0 Å². The lowest BCUT2D eigenvalue weighted by Gasteiger charge is -2.31. The van der Waals surface area contributed by atoms with Crippen LogP contribution in [0.4, 0.5) is 19.0 Å². The molecule has 1 aromatic heterocycles. The molecule has 152 valence electrons. The molecule has 1 aromatic carbocycles. The Morgan fingerprint density at radius 1 is 1.14 bits per heavy atom. The third-order valence-corrected chi connectivity index (χ3v) is 5.37. The molecule has 8 heteroatoms. The lowest BCUT2D eigenvalue weighted by molar-refractivity contribution is -0.137. The van der Waals surface area contributed by atoms with Gasteiger partial charge in [0.25, 0.3) is 0 Å². The number of anilines is 1. The number of alkyl halides is 3. The number of hydrogen-bond acceptors (Lipinski definition) is 5. The van der Waals surface area contributed by atoms with Crippen molar-refractivity contribution in [1.82, 2.24) is 15.1 Å². The second-order valence-corrected chi connectivity index (χ2v) is 7.58. The van der Waals surface area contributed by atoms with Crippen molar-refractivity contribution in [3.8, 4) is 17.0 Å². The van der Waals surface area contributed by atoms with Crippen LogP contribution < -0.4 is 5.32 Å². The van der Waals surface area contributed by atoms with Gasteiger partial charge < -0.3 is 15.3 Å². The average molecular weight is 394 g/mol. The van der Waals surface area contributed by atoms with Crippen molar-refractivity contribution in [3.05, 3.63) is 34.4 Å². The van der Waals surface area contributed by atoms with Crippen molar-refractivity contribution >= 4 is 5.82 Å². The molecular weight excluding hydrogens is 369 g/mol. The van der Waals surface area contributed by atoms with Crippen LogP contribution in [0.2, 0.25) is 0 Å². The van der Waals surface area contributed by atoms with Crippen molar-refractivity contribution in [3.63, 3.8) is 0 Å². The summed E-state index contributed by atoms with van der Waals surface area (Å²) in [4.78, 5) is 2.26. The van der Waals surface area contributed by atoms with E-state index in [1.54, 1.807) is 0 Å². The molecule has 1 saturated heterocycles. The van der Waals surface area contributed by atoms with Gasteiger partial charge in [0.05, 0.1) is 5.56 Å². The zero-order valence-electron chi connectivity index (χ0n) is 16.5. The van der Waals surface area contributed by atoms with Crippen LogP contribution in [0.25, 0.3) is 11.3 Å². The van der Waals surface area contributed by atoms with Gasteiger partial charge in [-0.2, -0.15) is 13.2 Å². The Morgan fingerprint density at radius 3 is 2.46 bits per heavy atom. The van der Waals surface area contributed by atoms with Gasteiger partial charge in [-0.25, -0.2) is 0 Å². The van der Waals surface area contributed by atoms with E-state index in [0.29, 0.717) is 17.1 Å². The molecule has 1 aliphatic heterocycles. The summed E-state index contributed by atoms with van der Waals surface area (Å²) in [5.74, 6) is 0.226.